The third-order valence-corrected chi connectivity index (χ3v) is 5.28. The first-order chi connectivity index (χ1) is 15.0. The van der Waals surface area contributed by atoms with Crippen LogP contribution in [0.25, 0.3) is 5.76 Å². The Balaban J connectivity index is 2.13. The van der Waals surface area contributed by atoms with Crippen molar-refractivity contribution in [2.24, 2.45) is 0 Å². The first-order valence-electron chi connectivity index (χ1n) is 10.7. The van der Waals surface area contributed by atoms with Gasteiger partial charge in [-0.25, -0.2) is 0 Å². The molecule has 1 amide bonds. The molecule has 1 saturated heterocycles. The molecule has 1 aliphatic rings. The van der Waals surface area contributed by atoms with Gasteiger partial charge in [-0.05, 0) is 42.7 Å². The largest absolute Gasteiger partial charge is 0.507 e. The second kappa shape index (κ2) is 10.2. The number of benzene rings is 2. The molecule has 2 aromatic carbocycles. The van der Waals surface area contributed by atoms with Crippen molar-refractivity contribution in [2.75, 3.05) is 20.3 Å². The summed E-state index contributed by atoms with van der Waals surface area (Å²) < 4.78 is 11.0. The van der Waals surface area contributed by atoms with E-state index in [0.29, 0.717) is 30.2 Å². The van der Waals surface area contributed by atoms with Gasteiger partial charge < -0.3 is 19.5 Å². The predicted octanol–water partition coefficient (Wildman–Crippen LogP) is 4.71. The predicted molar refractivity (Wildman–Crippen MR) is 119 cm³/mol. The summed E-state index contributed by atoms with van der Waals surface area (Å²) in [5.74, 6) is -0.261. The molecule has 6 heteroatoms. The molecule has 3 rings (SSSR count). The summed E-state index contributed by atoms with van der Waals surface area (Å²) >= 11 is 0. The summed E-state index contributed by atoms with van der Waals surface area (Å²) in [5, 5.41) is 11.1. The number of aliphatic hydroxyl groups is 1. The van der Waals surface area contributed by atoms with Gasteiger partial charge in [0.05, 0.1) is 25.3 Å². The number of hydrogen-bond acceptors (Lipinski definition) is 5. The SMILES string of the molecule is CCCCN1C(=O)C(=O)/C(=C(\O)c2cccc(OC)c2)C1c1cccc(OCCC)c1. The third-order valence-electron chi connectivity index (χ3n) is 5.28. The lowest BCUT2D eigenvalue weighted by molar-refractivity contribution is -0.139. The first-order valence-corrected chi connectivity index (χ1v) is 10.7. The fraction of sp³-hybridized carbons (Fsp3) is 0.360. The topological polar surface area (TPSA) is 76.1 Å². The highest BCUT2D eigenvalue weighted by molar-refractivity contribution is 6.46. The molecule has 164 valence electrons. The van der Waals surface area contributed by atoms with Crippen LogP contribution >= 0.6 is 0 Å². The molecule has 1 heterocycles. The Labute approximate surface area is 183 Å². The Morgan fingerprint density at radius 2 is 1.77 bits per heavy atom. The minimum atomic E-state index is -0.679. The van der Waals surface area contributed by atoms with Crippen molar-refractivity contribution in [3.8, 4) is 11.5 Å². The number of ether oxygens (including phenoxy) is 2. The Kier molecular flexibility index (Phi) is 7.34. The molecule has 1 unspecified atom stereocenters. The molecule has 1 N–H and O–H groups in total. The smallest absolute Gasteiger partial charge is 0.295 e. The van der Waals surface area contributed by atoms with Crippen LogP contribution in [0.1, 0.15) is 50.3 Å². The van der Waals surface area contributed by atoms with Crippen LogP contribution in [0.3, 0.4) is 0 Å². The van der Waals surface area contributed by atoms with E-state index in [4.69, 9.17) is 9.47 Å². The van der Waals surface area contributed by atoms with Crippen molar-refractivity contribution in [1.29, 1.82) is 0 Å². The zero-order valence-corrected chi connectivity index (χ0v) is 18.3. The Morgan fingerprint density at radius 3 is 2.48 bits per heavy atom. The van der Waals surface area contributed by atoms with Crippen molar-refractivity contribution in [3.05, 3.63) is 65.2 Å². The van der Waals surface area contributed by atoms with Crippen LogP contribution in [0.2, 0.25) is 0 Å². The lowest BCUT2D eigenvalue weighted by Crippen LogP contribution is -2.30. The lowest BCUT2D eigenvalue weighted by atomic mass is 9.95. The second-order valence-corrected chi connectivity index (χ2v) is 7.50. The van der Waals surface area contributed by atoms with Gasteiger partial charge in [0.2, 0.25) is 0 Å². The van der Waals surface area contributed by atoms with Gasteiger partial charge in [0, 0.05) is 12.1 Å². The molecule has 0 radical (unpaired) electrons. The number of rotatable bonds is 9. The number of aliphatic hydroxyl groups excluding tert-OH is 1. The minimum Gasteiger partial charge on any atom is -0.507 e. The van der Waals surface area contributed by atoms with Crippen LogP contribution in [-0.4, -0.2) is 42.0 Å². The number of likely N-dealkylation sites (tertiary alicyclic amines) is 1. The molecular weight excluding hydrogens is 394 g/mol. The van der Waals surface area contributed by atoms with Crippen molar-refractivity contribution < 1.29 is 24.2 Å². The number of amides is 1. The highest BCUT2D eigenvalue weighted by Crippen LogP contribution is 2.40. The van der Waals surface area contributed by atoms with E-state index >= 15 is 0 Å². The van der Waals surface area contributed by atoms with Crippen molar-refractivity contribution in [3.63, 3.8) is 0 Å². The zero-order valence-electron chi connectivity index (χ0n) is 18.3. The average molecular weight is 424 g/mol. The molecule has 2 aromatic rings. The summed E-state index contributed by atoms with van der Waals surface area (Å²) in [4.78, 5) is 27.5. The first kappa shape index (κ1) is 22.4. The fourth-order valence-electron chi connectivity index (χ4n) is 3.71. The summed E-state index contributed by atoms with van der Waals surface area (Å²) in [7, 11) is 1.53. The number of nitrogens with zero attached hydrogens (tertiary/aromatic N) is 1. The zero-order chi connectivity index (χ0) is 22.4. The van der Waals surface area contributed by atoms with Crippen LogP contribution in [0.5, 0.6) is 11.5 Å². The molecule has 1 aliphatic heterocycles. The van der Waals surface area contributed by atoms with Crippen LogP contribution in [0, 0.1) is 0 Å². The van der Waals surface area contributed by atoms with E-state index in [1.54, 1.807) is 29.2 Å². The van der Waals surface area contributed by atoms with Gasteiger partial charge in [0.25, 0.3) is 11.7 Å². The molecule has 0 spiro atoms. The van der Waals surface area contributed by atoms with E-state index in [9.17, 15) is 14.7 Å². The van der Waals surface area contributed by atoms with Crippen LogP contribution in [0.15, 0.2) is 54.1 Å². The molecule has 6 nitrogen and oxygen atoms in total. The quantitative estimate of drug-likeness (QED) is 0.359. The highest BCUT2D eigenvalue weighted by atomic mass is 16.5. The van der Waals surface area contributed by atoms with Gasteiger partial charge in [-0.1, -0.05) is 44.5 Å². The number of carbonyl (C=O) groups excluding carboxylic acids is 2. The van der Waals surface area contributed by atoms with Gasteiger partial charge in [-0.3, -0.25) is 9.59 Å². The molecule has 31 heavy (non-hydrogen) atoms. The van der Waals surface area contributed by atoms with E-state index in [1.807, 2.05) is 38.1 Å². The normalized spacial score (nSPS) is 17.8. The van der Waals surface area contributed by atoms with Crippen molar-refractivity contribution in [1.82, 2.24) is 4.90 Å². The fourth-order valence-corrected chi connectivity index (χ4v) is 3.71. The summed E-state index contributed by atoms with van der Waals surface area (Å²) in [6.45, 7) is 5.06. The maximum Gasteiger partial charge on any atom is 0.295 e. The van der Waals surface area contributed by atoms with E-state index in [0.717, 1.165) is 24.8 Å². The molecule has 1 fully saturated rings. The number of ketones is 1. The minimum absolute atomic E-state index is 0.0852. The highest BCUT2D eigenvalue weighted by Gasteiger charge is 2.45. The van der Waals surface area contributed by atoms with Crippen LogP contribution < -0.4 is 9.47 Å². The molecule has 0 bridgehead atoms. The Bertz CT molecular complexity index is 981. The maximum absolute atomic E-state index is 13.0. The summed E-state index contributed by atoms with van der Waals surface area (Å²) in [6, 6.07) is 13.5. The average Bonchev–Trinajstić information content (AvgIpc) is 3.05. The second-order valence-electron chi connectivity index (χ2n) is 7.50. The third kappa shape index (κ3) is 4.74. The van der Waals surface area contributed by atoms with E-state index in [-0.39, 0.29) is 11.3 Å². The molecule has 0 aromatic heterocycles. The Morgan fingerprint density at radius 1 is 1.03 bits per heavy atom. The molecule has 0 aliphatic carbocycles. The van der Waals surface area contributed by atoms with E-state index in [1.165, 1.54) is 7.11 Å². The number of unbranched alkanes of at least 4 members (excludes halogenated alkanes) is 1. The number of methoxy groups -OCH3 is 1. The van der Waals surface area contributed by atoms with Gasteiger partial charge in [0.15, 0.2) is 0 Å². The number of carbonyl (C=O) groups is 2. The van der Waals surface area contributed by atoms with Crippen LogP contribution in [0.4, 0.5) is 0 Å². The lowest BCUT2D eigenvalue weighted by Gasteiger charge is -2.25. The summed E-state index contributed by atoms with van der Waals surface area (Å²) in [6.07, 6.45) is 2.51. The van der Waals surface area contributed by atoms with Crippen molar-refractivity contribution >= 4 is 17.4 Å². The monoisotopic (exact) mass is 423 g/mol. The Hall–Kier alpha value is -3.28. The molecule has 1 atom stereocenters. The van der Waals surface area contributed by atoms with Crippen LogP contribution in [-0.2, 0) is 9.59 Å². The maximum atomic E-state index is 13.0. The van der Waals surface area contributed by atoms with E-state index < -0.39 is 17.7 Å². The molecular formula is C25H29NO5. The van der Waals surface area contributed by atoms with Crippen molar-refractivity contribution in [2.45, 2.75) is 39.2 Å². The van der Waals surface area contributed by atoms with Gasteiger partial charge in [-0.15, -0.1) is 0 Å². The van der Waals surface area contributed by atoms with Gasteiger partial charge >= 0.3 is 0 Å². The summed E-state index contributed by atoms with van der Waals surface area (Å²) in [5.41, 5.74) is 1.24. The number of hydrogen-bond donors (Lipinski definition) is 1. The van der Waals surface area contributed by atoms with Gasteiger partial charge in [0.1, 0.15) is 17.3 Å². The standard InChI is InChI=1S/C25H29NO5/c1-4-6-13-26-22(17-9-7-12-20(15-17)31-14-5-2)21(24(28)25(26)29)23(27)18-10-8-11-19(16-18)30-3/h7-12,15-16,22,27H,4-6,13-14H2,1-3H3/b23-21-. The van der Waals surface area contributed by atoms with E-state index in [2.05, 4.69) is 0 Å². The number of Topliss-reactive ketones (excluding diaryl/α,β-unsaturated/α-hetero) is 1. The molecule has 0 saturated carbocycles. The van der Waals surface area contributed by atoms with Gasteiger partial charge in [-0.2, -0.15) is 0 Å².